The Bertz CT molecular complexity index is 822. The minimum Gasteiger partial charge on any atom is -0.368 e. The van der Waals surface area contributed by atoms with E-state index in [1.165, 1.54) is 18.2 Å². The maximum absolute atomic E-state index is 13.2. The summed E-state index contributed by atoms with van der Waals surface area (Å²) >= 11 is 0. The number of anilines is 1. The highest BCUT2D eigenvalue weighted by molar-refractivity contribution is 5.94. The second-order valence-electron chi connectivity index (χ2n) is 6.30. The fourth-order valence-corrected chi connectivity index (χ4v) is 2.98. The Kier molecular flexibility index (Phi) is 5.46. The van der Waals surface area contributed by atoms with Crippen molar-refractivity contribution < 1.29 is 14.0 Å². The molecule has 0 radical (unpaired) electrons. The first kappa shape index (κ1) is 17.9. The first-order valence-corrected chi connectivity index (χ1v) is 8.61. The van der Waals surface area contributed by atoms with Crippen LogP contribution in [0.3, 0.4) is 0 Å². The number of Topliss-reactive ketones (excluding diaryl/α,β-unsaturated/α-hetero) is 1. The monoisotopic (exact) mass is 352 g/mol. The van der Waals surface area contributed by atoms with Crippen molar-refractivity contribution in [3.05, 3.63) is 71.6 Å². The molecule has 3 rings (SSSR count). The molecular formula is C21H21FN2O2. The molecule has 1 heterocycles. The van der Waals surface area contributed by atoms with E-state index in [-0.39, 0.29) is 17.5 Å². The van der Waals surface area contributed by atoms with Gasteiger partial charge < -0.3 is 9.80 Å². The van der Waals surface area contributed by atoms with E-state index in [1.807, 2.05) is 24.3 Å². The van der Waals surface area contributed by atoms with Crippen molar-refractivity contribution in [1.82, 2.24) is 4.90 Å². The Hall–Kier alpha value is -2.95. The fourth-order valence-electron chi connectivity index (χ4n) is 2.98. The van der Waals surface area contributed by atoms with Gasteiger partial charge in [0.2, 0.25) is 5.91 Å². The minimum atomic E-state index is -0.316. The molecule has 0 unspecified atom stereocenters. The maximum atomic E-state index is 13.2. The highest BCUT2D eigenvalue weighted by atomic mass is 19.1. The van der Waals surface area contributed by atoms with Crippen molar-refractivity contribution in [2.75, 3.05) is 31.1 Å². The van der Waals surface area contributed by atoms with Gasteiger partial charge >= 0.3 is 0 Å². The predicted octanol–water partition coefficient (Wildman–Crippen LogP) is 3.39. The Morgan fingerprint density at radius 2 is 1.69 bits per heavy atom. The van der Waals surface area contributed by atoms with Gasteiger partial charge in [0.15, 0.2) is 5.78 Å². The van der Waals surface area contributed by atoms with E-state index in [0.717, 1.165) is 18.8 Å². The second-order valence-corrected chi connectivity index (χ2v) is 6.30. The van der Waals surface area contributed by atoms with E-state index < -0.39 is 0 Å². The lowest BCUT2D eigenvalue weighted by atomic mass is 10.1. The lowest BCUT2D eigenvalue weighted by molar-refractivity contribution is -0.126. The summed E-state index contributed by atoms with van der Waals surface area (Å²) in [5.41, 5.74) is 2.42. The molecule has 0 spiro atoms. The van der Waals surface area contributed by atoms with Gasteiger partial charge in [-0.2, -0.15) is 0 Å². The number of piperazine rings is 1. The van der Waals surface area contributed by atoms with Crippen LogP contribution in [0.25, 0.3) is 6.08 Å². The summed E-state index contributed by atoms with van der Waals surface area (Å²) in [7, 11) is 0. The van der Waals surface area contributed by atoms with Gasteiger partial charge in [0.05, 0.1) is 0 Å². The molecule has 0 aliphatic carbocycles. The summed E-state index contributed by atoms with van der Waals surface area (Å²) in [6.07, 6.45) is 3.13. The van der Waals surface area contributed by atoms with Crippen molar-refractivity contribution in [1.29, 1.82) is 0 Å². The summed E-state index contributed by atoms with van der Waals surface area (Å²) in [5, 5.41) is 0. The summed E-state index contributed by atoms with van der Waals surface area (Å²) in [4.78, 5) is 27.6. The Morgan fingerprint density at radius 3 is 2.31 bits per heavy atom. The number of benzene rings is 2. The van der Waals surface area contributed by atoms with Crippen LogP contribution in [0.1, 0.15) is 22.8 Å². The lowest BCUT2D eigenvalue weighted by Gasteiger charge is -2.35. The number of rotatable bonds is 4. The number of hydrogen-bond acceptors (Lipinski definition) is 3. The average molecular weight is 352 g/mol. The molecule has 1 fully saturated rings. The molecule has 4 nitrogen and oxygen atoms in total. The molecule has 0 aromatic heterocycles. The van der Waals surface area contributed by atoms with Crippen LogP contribution in [0, 0.1) is 5.82 Å². The molecule has 0 N–H and O–H groups in total. The zero-order valence-electron chi connectivity index (χ0n) is 14.7. The fraction of sp³-hybridized carbons (Fsp3) is 0.238. The van der Waals surface area contributed by atoms with E-state index in [4.69, 9.17) is 0 Å². The highest BCUT2D eigenvalue weighted by Gasteiger charge is 2.19. The van der Waals surface area contributed by atoms with Gasteiger partial charge in [-0.25, -0.2) is 4.39 Å². The molecule has 1 aliphatic rings. The van der Waals surface area contributed by atoms with Gasteiger partial charge in [0, 0.05) is 43.5 Å². The van der Waals surface area contributed by atoms with Gasteiger partial charge in [-0.3, -0.25) is 9.59 Å². The summed E-state index contributed by atoms with van der Waals surface area (Å²) in [5.74, 6) is -0.332. The van der Waals surface area contributed by atoms with Crippen LogP contribution in [0.2, 0.25) is 0 Å². The van der Waals surface area contributed by atoms with Crippen molar-refractivity contribution >= 4 is 23.5 Å². The van der Waals surface area contributed by atoms with Crippen LogP contribution in [0.5, 0.6) is 0 Å². The third-order valence-corrected chi connectivity index (χ3v) is 4.50. The molecule has 2 aromatic rings. The van der Waals surface area contributed by atoms with Crippen LogP contribution in [-0.2, 0) is 4.79 Å². The molecular weight excluding hydrogens is 331 g/mol. The van der Waals surface area contributed by atoms with Crippen molar-refractivity contribution in [2.45, 2.75) is 6.92 Å². The Labute approximate surface area is 152 Å². The molecule has 134 valence electrons. The first-order valence-electron chi connectivity index (χ1n) is 8.61. The smallest absolute Gasteiger partial charge is 0.246 e. The van der Waals surface area contributed by atoms with Gasteiger partial charge in [-0.15, -0.1) is 0 Å². The van der Waals surface area contributed by atoms with Crippen molar-refractivity contribution in [3.63, 3.8) is 0 Å². The van der Waals surface area contributed by atoms with Gasteiger partial charge in [0.1, 0.15) is 5.82 Å². The number of halogens is 1. The summed E-state index contributed by atoms with van der Waals surface area (Å²) < 4.78 is 13.2. The van der Waals surface area contributed by atoms with Gasteiger partial charge in [0.25, 0.3) is 0 Å². The molecule has 26 heavy (non-hydrogen) atoms. The van der Waals surface area contributed by atoms with Gasteiger partial charge in [-0.1, -0.05) is 12.1 Å². The third kappa shape index (κ3) is 4.36. The van der Waals surface area contributed by atoms with Crippen LogP contribution in [0.4, 0.5) is 10.1 Å². The first-order chi connectivity index (χ1) is 12.5. The second kappa shape index (κ2) is 7.95. The van der Waals surface area contributed by atoms with E-state index in [2.05, 4.69) is 4.90 Å². The quantitative estimate of drug-likeness (QED) is 0.626. The number of hydrogen-bond donors (Lipinski definition) is 0. The molecule has 5 heteroatoms. The summed E-state index contributed by atoms with van der Waals surface area (Å²) in [6.45, 7) is 4.27. The maximum Gasteiger partial charge on any atom is 0.246 e. The average Bonchev–Trinajstić information content (AvgIpc) is 2.66. The molecule has 1 amide bonds. The molecule has 0 saturated carbocycles. The highest BCUT2D eigenvalue weighted by Crippen LogP contribution is 2.18. The molecule has 1 aliphatic heterocycles. The Morgan fingerprint density at radius 1 is 1.00 bits per heavy atom. The standard InChI is InChI=1S/C21H21FN2O2/c1-16(25)18-6-8-20(9-7-18)23-11-13-24(14-12-23)21(26)10-5-17-3-2-4-19(22)15-17/h2-10,15H,11-14H2,1H3/b10-5+. The van der Waals surface area contributed by atoms with E-state index >= 15 is 0 Å². The Balaban J connectivity index is 1.56. The topological polar surface area (TPSA) is 40.6 Å². The van der Waals surface area contributed by atoms with Gasteiger partial charge in [-0.05, 0) is 55.0 Å². The van der Waals surface area contributed by atoms with Crippen LogP contribution >= 0.6 is 0 Å². The zero-order valence-corrected chi connectivity index (χ0v) is 14.7. The van der Waals surface area contributed by atoms with Crippen LogP contribution < -0.4 is 4.90 Å². The summed E-state index contributed by atoms with van der Waals surface area (Å²) in [6, 6.07) is 13.7. The molecule has 0 atom stereocenters. The zero-order chi connectivity index (χ0) is 18.5. The van der Waals surface area contributed by atoms with Crippen LogP contribution in [-0.4, -0.2) is 42.8 Å². The van der Waals surface area contributed by atoms with E-state index in [1.54, 1.807) is 30.0 Å². The molecule has 1 saturated heterocycles. The van der Waals surface area contributed by atoms with Crippen molar-refractivity contribution in [3.8, 4) is 0 Å². The number of ketones is 1. The number of carbonyl (C=O) groups is 2. The van der Waals surface area contributed by atoms with E-state index in [9.17, 15) is 14.0 Å². The number of carbonyl (C=O) groups excluding carboxylic acids is 2. The largest absolute Gasteiger partial charge is 0.368 e. The van der Waals surface area contributed by atoms with E-state index in [0.29, 0.717) is 24.2 Å². The third-order valence-electron chi connectivity index (χ3n) is 4.50. The normalized spacial score (nSPS) is 14.7. The SMILES string of the molecule is CC(=O)c1ccc(N2CCN(C(=O)/C=C/c3cccc(F)c3)CC2)cc1. The minimum absolute atomic E-state index is 0.0528. The van der Waals surface area contributed by atoms with Crippen LogP contribution in [0.15, 0.2) is 54.6 Å². The van der Waals surface area contributed by atoms with Crippen molar-refractivity contribution in [2.24, 2.45) is 0 Å². The molecule has 0 bridgehead atoms. The number of nitrogens with zero attached hydrogens (tertiary/aromatic N) is 2. The predicted molar refractivity (Wildman–Crippen MR) is 101 cm³/mol. The molecule has 2 aromatic carbocycles. The lowest BCUT2D eigenvalue weighted by Crippen LogP contribution is -2.48. The number of amides is 1.